The third kappa shape index (κ3) is 4.05. The van der Waals surface area contributed by atoms with Gasteiger partial charge in [0.25, 0.3) is 0 Å². The lowest BCUT2D eigenvalue weighted by Gasteiger charge is -2.33. The Labute approximate surface area is 185 Å². The summed E-state index contributed by atoms with van der Waals surface area (Å²) in [6.07, 6.45) is 4.63. The number of aromatic nitrogens is 4. The molecule has 1 atom stereocenters. The number of amides is 1. The maximum Gasteiger partial charge on any atom is 0.247 e. The lowest BCUT2D eigenvalue weighted by molar-refractivity contribution is -0.111. The molecule has 10 heteroatoms. The van der Waals surface area contributed by atoms with E-state index >= 15 is 0 Å². The second-order valence-corrected chi connectivity index (χ2v) is 7.50. The summed E-state index contributed by atoms with van der Waals surface area (Å²) in [6, 6.07) is 7.88. The first kappa shape index (κ1) is 21.1. The highest BCUT2D eigenvalue weighted by atomic mass is 16.5. The summed E-state index contributed by atoms with van der Waals surface area (Å²) >= 11 is 0. The molecule has 3 heterocycles. The van der Waals surface area contributed by atoms with E-state index in [-0.39, 0.29) is 17.8 Å². The summed E-state index contributed by atoms with van der Waals surface area (Å²) in [5.74, 6) is 1.28. The van der Waals surface area contributed by atoms with Crippen LogP contribution in [0.15, 0.2) is 37.1 Å². The van der Waals surface area contributed by atoms with E-state index in [2.05, 4.69) is 32.1 Å². The minimum atomic E-state index is -0.264. The molecule has 2 N–H and O–H groups in total. The molecule has 164 valence electrons. The van der Waals surface area contributed by atoms with E-state index in [9.17, 15) is 4.79 Å². The number of methoxy groups -OCH3 is 1. The third-order valence-electron chi connectivity index (χ3n) is 5.41. The van der Waals surface area contributed by atoms with Gasteiger partial charge in [-0.05, 0) is 31.1 Å². The number of nitriles is 1. The standard InChI is InChI=1S/C22H24N8O2/c1-4-18(31)26-17-9-5-8-16-19(17)29(2)28-20(16)30-10-6-7-15(13-30)25-22-24-12-14(11-23)21(27-22)32-3/h4-5,8-9,12,15H,1,6-7,10,13H2,2-3H3,(H,26,31)(H,24,25,27)/t15-/m1/s1. The highest BCUT2D eigenvalue weighted by molar-refractivity contribution is 6.07. The summed E-state index contributed by atoms with van der Waals surface area (Å²) in [5, 5.41) is 21.0. The molecule has 1 saturated heterocycles. The molecule has 3 aromatic rings. The second kappa shape index (κ2) is 8.93. The van der Waals surface area contributed by atoms with Crippen LogP contribution in [0.1, 0.15) is 18.4 Å². The van der Waals surface area contributed by atoms with Gasteiger partial charge in [-0.1, -0.05) is 12.6 Å². The van der Waals surface area contributed by atoms with Crippen molar-refractivity contribution in [3.63, 3.8) is 0 Å². The number of ether oxygens (including phenoxy) is 1. The van der Waals surface area contributed by atoms with Gasteiger partial charge in [0.1, 0.15) is 11.6 Å². The summed E-state index contributed by atoms with van der Waals surface area (Å²) in [7, 11) is 3.35. The quantitative estimate of drug-likeness (QED) is 0.570. The van der Waals surface area contributed by atoms with Gasteiger partial charge >= 0.3 is 0 Å². The van der Waals surface area contributed by atoms with Crippen molar-refractivity contribution in [1.29, 1.82) is 5.26 Å². The SMILES string of the molecule is C=CC(=O)Nc1cccc2c(N3CCC[C@@H](Nc4ncc(C#N)c(OC)n4)C3)nn(C)c12. The number of anilines is 3. The minimum Gasteiger partial charge on any atom is -0.480 e. The molecule has 4 rings (SSSR count). The molecule has 32 heavy (non-hydrogen) atoms. The average Bonchev–Trinajstić information content (AvgIpc) is 3.16. The van der Waals surface area contributed by atoms with Crippen molar-refractivity contribution in [2.24, 2.45) is 7.05 Å². The van der Waals surface area contributed by atoms with Crippen molar-refractivity contribution in [3.05, 3.63) is 42.6 Å². The van der Waals surface area contributed by atoms with E-state index in [1.807, 2.05) is 31.3 Å². The Hall–Kier alpha value is -4.13. The molecule has 0 saturated carbocycles. The molecule has 0 radical (unpaired) electrons. The van der Waals surface area contributed by atoms with Crippen LogP contribution in [-0.2, 0) is 11.8 Å². The second-order valence-electron chi connectivity index (χ2n) is 7.50. The topological polar surface area (TPSA) is 121 Å². The molecule has 1 aromatic carbocycles. The predicted octanol–water partition coefficient (Wildman–Crippen LogP) is 2.45. The van der Waals surface area contributed by atoms with E-state index < -0.39 is 0 Å². The highest BCUT2D eigenvalue weighted by Crippen LogP contribution is 2.32. The Morgan fingerprint density at radius 1 is 1.44 bits per heavy atom. The van der Waals surface area contributed by atoms with Crippen LogP contribution in [0.2, 0.25) is 0 Å². The first-order chi connectivity index (χ1) is 15.5. The number of aryl methyl sites for hydroxylation is 1. The summed E-state index contributed by atoms with van der Waals surface area (Å²) < 4.78 is 6.97. The number of carbonyl (C=O) groups is 1. The van der Waals surface area contributed by atoms with Gasteiger partial charge in [0, 0.05) is 31.6 Å². The molecule has 0 unspecified atom stereocenters. The van der Waals surface area contributed by atoms with Crippen LogP contribution in [0.5, 0.6) is 5.88 Å². The fraction of sp³-hybridized carbons (Fsp3) is 0.318. The van der Waals surface area contributed by atoms with Crippen LogP contribution in [0, 0.1) is 11.3 Å². The number of rotatable bonds is 6. The first-order valence-corrected chi connectivity index (χ1v) is 10.3. The number of fused-ring (bicyclic) bond motifs is 1. The lowest BCUT2D eigenvalue weighted by Crippen LogP contribution is -2.42. The van der Waals surface area contributed by atoms with Crippen molar-refractivity contribution in [3.8, 4) is 11.9 Å². The maximum absolute atomic E-state index is 11.8. The molecular weight excluding hydrogens is 408 g/mol. The largest absolute Gasteiger partial charge is 0.480 e. The van der Waals surface area contributed by atoms with Crippen molar-refractivity contribution in [2.45, 2.75) is 18.9 Å². The number of piperidine rings is 1. The van der Waals surface area contributed by atoms with Crippen molar-refractivity contribution < 1.29 is 9.53 Å². The van der Waals surface area contributed by atoms with Crippen molar-refractivity contribution in [1.82, 2.24) is 19.7 Å². The highest BCUT2D eigenvalue weighted by Gasteiger charge is 2.25. The molecule has 1 fully saturated rings. The maximum atomic E-state index is 11.8. The van der Waals surface area contributed by atoms with Crippen LogP contribution in [0.3, 0.4) is 0 Å². The Morgan fingerprint density at radius 2 is 2.28 bits per heavy atom. The predicted molar refractivity (Wildman–Crippen MR) is 122 cm³/mol. The van der Waals surface area contributed by atoms with Crippen LogP contribution in [0.4, 0.5) is 17.5 Å². The van der Waals surface area contributed by atoms with Gasteiger partial charge in [0.15, 0.2) is 5.82 Å². The van der Waals surface area contributed by atoms with Crippen LogP contribution < -0.4 is 20.3 Å². The third-order valence-corrected chi connectivity index (χ3v) is 5.41. The molecule has 0 aliphatic carbocycles. The monoisotopic (exact) mass is 432 g/mol. The van der Waals surface area contributed by atoms with Crippen LogP contribution in [0.25, 0.3) is 10.9 Å². The van der Waals surface area contributed by atoms with Gasteiger partial charge in [-0.2, -0.15) is 15.3 Å². The molecule has 1 aliphatic heterocycles. The Bertz CT molecular complexity index is 1210. The summed E-state index contributed by atoms with van der Waals surface area (Å²) in [4.78, 5) is 22.6. The Morgan fingerprint density at radius 3 is 3.03 bits per heavy atom. The molecule has 0 bridgehead atoms. The molecule has 0 spiro atoms. The fourth-order valence-electron chi connectivity index (χ4n) is 3.97. The first-order valence-electron chi connectivity index (χ1n) is 10.3. The molecule has 10 nitrogen and oxygen atoms in total. The van der Waals surface area contributed by atoms with Gasteiger partial charge in [-0.15, -0.1) is 0 Å². The smallest absolute Gasteiger partial charge is 0.247 e. The minimum absolute atomic E-state index is 0.0992. The molecule has 1 amide bonds. The zero-order chi connectivity index (χ0) is 22.7. The molecule has 2 aromatic heterocycles. The number of benzene rings is 1. The number of hydrogen-bond acceptors (Lipinski definition) is 8. The molecule has 1 aliphatic rings. The number of nitrogens with one attached hydrogen (secondary N) is 2. The van der Waals surface area contributed by atoms with Crippen LogP contribution in [-0.4, -0.2) is 51.9 Å². The van der Waals surface area contributed by atoms with Gasteiger partial charge in [-0.25, -0.2) is 4.98 Å². The van der Waals surface area contributed by atoms with Crippen molar-refractivity contribution in [2.75, 3.05) is 35.7 Å². The van der Waals surface area contributed by atoms with E-state index in [4.69, 9.17) is 15.1 Å². The molecular formula is C22H24N8O2. The summed E-state index contributed by atoms with van der Waals surface area (Å²) in [6.45, 7) is 5.09. The zero-order valence-corrected chi connectivity index (χ0v) is 18.0. The Kier molecular flexibility index (Phi) is 5.89. The van der Waals surface area contributed by atoms with E-state index in [1.165, 1.54) is 19.4 Å². The summed E-state index contributed by atoms with van der Waals surface area (Å²) in [5.41, 5.74) is 1.84. The zero-order valence-electron chi connectivity index (χ0n) is 18.0. The van der Waals surface area contributed by atoms with Gasteiger partial charge in [0.05, 0.1) is 24.5 Å². The van der Waals surface area contributed by atoms with Gasteiger partial charge in [-0.3, -0.25) is 9.48 Å². The average molecular weight is 432 g/mol. The van der Waals surface area contributed by atoms with Crippen molar-refractivity contribution >= 4 is 34.3 Å². The van der Waals surface area contributed by atoms with Crippen LogP contribution >= 0.6 is 0 Å². The Balaban J connectivity index is 1.57. The number of hydrogen-bond donors (Lipinski definition) is 2. The van der Waals surface area contributed by atoms with Gasteiger partial charge in [0.2, 0.25) is 17.7 Å². The number of nitrogens with zero attached hydrogens (tertiary/aromatic N) is 6. The van der Waals surface area contributed by atoms with E-state index in [0.29, 0.717) is 23.7 Å². The van der Waals surface area contributed by atoms with E-state index in [0.717, 1.165) is 36.1 Å². The van der Waals surface area contributed by atoms with Gasteiger partial charge < -0.3 is 20.3 Å². The fourth-order valence-corrected chi connectivity index (χ4v) is 3.97. The lowest BCUT2D eigenvalue weighted by atomic mass is 10.1. The normalized spacial score (nSPS) is 15.8. The number of para-hydroxylation sites is 1. The van der Waals surface area contributed by atoms with E-state index in [1.54, 1.807) is 4.68 Å². The number of carbonyl (C=O) groups excluding carboxylic acids is 1.